The van der Waals surface area contributed by atoms with Crippen molar-refractivity contribution < 1.29 is 9.53 Å². The van der Waals surface area contributed by atoms with Gasteiger partial charge >= 0.3 is 5.69 Å². The zero-order valence-corrected chi connectivity index (χ0v) is 18.5. The highest BCUT2D eigenvalue weighted by molar-refractivity contribution is 7.15. The fourth-order valence-corrected chi connectivity index (χ4v) is 4.04. The van der Waals surface area contributed by atoms with Gasteiger partial charge in [0.25, 0.3) is 5.56 Å². The highest BCUT2D eigenvalue weighted by Crippen LogP contribution is 2.16. The molecule has 0 spiro atoms. The molecule has 0 saturated heterocycles. The average Bonchev–Trinajstić information content (AvgIpc) is 3.39. The molecule has 0 saturated carbocycles. The molecule has 4 aromatic rings. The highest BCUT2D eigenvalue weighted by Gasteiger charge is 2.20. The number of rotatable bonds is 8. The van der Waals surface area contributed by atoms with Gasteiger partial charge in [-0.05, 0) is 12.5 Å². The van der Waals surface area contributed by atoms with Crippen molar-refractivity contribution in [2.24, 2.45) is 0 Å². The Labute approximate surface area is 186 Å². The molecule has 0 aliphatic carbocycles. The Bertz CT molecular complexity index is 1370. The Hall–Kier alpha value is -3.57. The molecule has 0 atom stereocenters. The van der Waals surface area contributed by atoms with Gasteiger partial charge in [0, 0.05) is 24.7 Å². The number of hydrogen-bond donors (Lipinski definition) is 1. The molecule has 0 aliphatic rings. The van der Waals surface area contributed by atoms with Crippen molar-refractivity contribution in [2.75, 3.05) is 19.0 Å². The Balaban J connectivity index is 1.79. The van der Waals surface area contributed by atoms with E-state index in [9.17, 15) is 14.4 Å². The van der Waals surface area contributed by atoms with Gasteiger partial charge in [-0.1, -0.05) is 30.3 Å². The number of carbonyl (C=O) groups excluding carboxylic acids is 1. The van der Waals surface area contributed by atoms with Crippen molar-refractivity contribution in [3.05, 3.63) is 74.1 Å². The lowest BCUT2D eigenvalue weighted by atomic mass is 10.2. The first-order valence-electron chi connectivity index (χ1n) is 9.91. The van der Waals surface area contributed by atoms with E-state index in [4.69, 9.17) is 4.74 Å². The molecule has 11 heteroatoms. The van der Waals surface area contributed by atoms with Crippen LogP contribution in [0.25, 0.3) is 11.2 Å². The first kappa shape index (κ1) is 21.7. The van der Waals surface area contributed by atoms with Crippen molar-refractivity contribution in [1.82, 2.24) is 23.7 Å². The average molecular weight is 455 g/mol. The Kier molecular flexibility index (Phi) is 6.28. The zero-order chi connectivity index (χ0) is 22.7. The number of anilines is 1. The predicted octanol–water partition coefficient (Wildman–Crippen LogP) is 1.46. The fraction of sp³-hybridized carbons (Fsp3) is 0.286. The van der Waals surface area contributed by atoms with Crippen LogP contribution in [-0.4, -0.2) is 43.3 Å². The number of methoxy groups -OCH3 is 1. The van der Waals surface area contributed by atoms with E-state index in [1.54, 1.807) is 17.9 Å². The van der Waals surface area contributed by atoms with Gasteiger partial charge in [-0.25, -0.2) is 19.3 Å². The third kappa shape index (κ3) is 4.39. The monoisotopic (exact) mass is 454 g/mol. The molecule has 3 aromatic heterocycles. The Morgan fingerprint density at radius 2 is 1.94 bits per heavy atom. The molecule has 0 radical (unpaired) electrons. The van der Waals surface area contributed by atoms with Crippen LogP contribution in [0.15, 0.2) is 52.4 Å². The normalized spacial score (nSPS) is 11.2. The number of aromatic nitrogens is 5. The van der Waals surface area contributed by atoms with Gasteiger partial charge in [-0.3, -0.25) is 14.2 Å². The molecule has 166 valence electrons. The number of hydrogen-bond acceptors (Lipinski definition) is 7. The topological polar surface area (TPSA) is 113 Å². The molecule has 1 aromatic carbocycles. The summed E-state index contributed by atoms with van der Waals surface area (Å²) in [6.45, 7) is 2.40. The van der Waals surface area contributed by atoms with Crippen molar-refractivity contribution in [3.63, 3.8) is 0 Å². The number of amides is 1. The minimum atomic E-state index is -0.603. The van der Waals surface area contributed by atoms with Crippen LogP contribution in [0.4, 0.5) is 5.13 Å². The van der Waals surface area contributed by atoms with E-state index in [2.05, 4.69) is 15.3 Å². The lowest BCUT2D eigenvalue weighted by molar-refractivity contribution is -0.116. The third-order valence-electron chi connectivity index (χ3n) is 4.87. The molecule has 3 heterocycles. The molecular formula is C21H22N6O4S. The van der Waals surface area contributed by atoms with E-state index in [1.165, 1.54) is 22.2 Å². The quantitative estimate of drug-likeness (QED) is 0.431. The van der Waals surface area contributed by atoms with Gasteiger partial charge in [-0.15, -0.1) is 11.3 Å². The molecule has 10 nitrogen and oxygen atoms in total. The van der Waals surface area contributed by atoms with E-state index in [1.807, 2.05) is 37.3 Å². The second-order valence-electron chi connectivity index (χ2n) is 7.17. The zero-order valence-electron chi connectivity index (χ0n) is 17.6. The minimum Gasteiger partial charge on any atom is -0.383 e. The Morgan fingerprint density at radius 3 is 2.62 bits per heavy atom. The summed E-state index contributed by atoms with van der Waals surface area (Å²) in [6.07, 6.45) is 3.15. The van der Waals surface area contributed by atoms with Gasteiger partial charge < -0.3 is 14.6 Å². The fourth-order valence-electron chi connectivity index (χ4n) is 3.36. The predicted molar refractivity (Wildman–Crippen MR) is 121 cm³/mol. The van der Waals surface area contributed by atoms with Crippen LogP contribution >= 0.6 is 11.3 Å². The summed E-state index contributed by atoms with van der Waals surface area (Å²) in [5.74, 6) is -0.507. The van der Waals surface area contributed by atoms with Crippen molar-refractivity contribution in [3.8, 4) is 0 Å². The van der Waals surface area contributed by atoms with Crippen LogP contribution in [-0.2, 0) is 29.2 Å². The highest BCUT2D eigenvalue weighted by atomic mass is 32.1. The van der Waals surface area contributed by atoms with Gasteiger partial charge in [0.2, 0.25) is 5.91 Å². The molecule has 0 unspecified atom stereocenters. The molecule has 0 aliphatic heterocycles. The van der Waals surface area contributed by atoms with Crippen LogP contribution in [0.1, 0.15) is 10.4 Å². The summed E-state index contributed by atoms with van der Waals surface area (Å²) in [7, 11) is 1.56. The van der Waals surface area contributed by atoms with E-state index < -0.39 is 23.7 Å². The number of ether oxygens (including phenoxy) is 1. The smallest absolute Gasteiger partial charge is 0.333 e. The number of imidazole rings is 1. The molecule has 1 N–H and O–H groups in total. The lowest BCUT2D eigenvalue weighted by Gasteiger charge is -2.12. The second-order valence-corrected chi connectivity index (χ2v) is 8.41. The molecule has 32 heavy (non-hydrogen) atoms. The molecule has 1 amide bonds. The standard InChI is InChI=1S/C21H22N6O4S/c1-14-10-22-20(32-14)24-16(28)12-27-19(29)17-18(23-13-25(17)8-9-31-2)26(21(27)30)11-15-6-4-3-5-7-15/h3-7,10,13H,8-9,11-12H2,1-2H3,(H,22,24,28). The van der Waals surface area contributed by atoms with Crippen LogP contribution < -0.4 is 16.6 Å². The van der Waals surface area contributed by atoms with Crippen LogP contribution in [0.2, 0.25) is 0 Å². The van der Waals surface area contributed by atoms with Crippen molar-refractivity contribution in [2.45, 2.75) is 26.6 Å². The molecule has 0 fully saturated rings. The van der Waals surface area contributed by atoms with Crippen molar-refractivity contribution >= 4 is 33.5 Å². The summed E-state index contributed by atoms with van der Waals surface area (Å²) < 4.78 is 9.11. The molecule has 4 rings (SSSR count). The van der Waals surface area contributed by atoms with Crippen LogP contribution in [0, 0.1) is 6.92 Å². The SMILES string of the molecule is COCCn1cnc2c1c(=O)n(CC(=O)Nc1ncc(C)s1)c(=O)n2Cc1ccccc1. The summed E-state index contributed by atoms with van der Waals surface area (Å²) in [4.78, 5) is 48.5. The summed E-state index contributed by atoms with van der Waals surface area (Å²) in [5, 5.41) is 3.06. The number of benzene rings is 1. The van der Waals surface area contributed by atoms with E-state index >= 15 is 0 Å². The lowest BCUT2D eigenvalue weighted by Crippen LogP contribution is -2.43. The summed E-state index contributed by atoms with van der Waals surface area (Å²) >= 11 is 1.31. The summed E-state index contributed by atoms with van der Waals surface area (Å²) in [6, 6.07) is 9.38. The van der Waals surface area contributed by atoms with E-state index in [-0.39, 0.29) is 17.7 Å². The second kappa shape index (κ2) is 9.28. The van der Waals surface area contributed by atoms with Crippen LogP contribution in [0.5, 0.6) is 0 Å². The van der Waals surface area contributed by atoms with Gasteiger partial charge in [0.15, 0.2) is 16.3 Å². The van der Waals surface area contributed by atoms with Crippen LogP contribution in [0.3, 0.4) is 0 Å². The van der Waals surface area contributed by atoms with E-state index in [0.717, 1.165) is 15.0 Å². The number of aryl methyl sites for hydroxylation is 1. The maximum atomic E-state index is 13.3. The molecule has 0 bridgehead atoms. The number of nitrogens with one attached hydrogen (secondary N) is 1. The first-order chi connectivity index (χ1) is 15.5. The molecular weight excluding hydrogens is 432 g/mol. The van der Waals surface area contributed by atoms with Gasteiger partial charge in [-0.2, -0.15) is 0 Å². The summed E-state index contributed by atoms with van der Waals surface area (Å²) in [5.41, 5.74) is 0.208. The minimum absolute atomic E-state index is 0.213. The number of fused-ring (bicyclic) bond motifs is 1. The number of thiazole rings is 1. The maximum absolute atomic E-state index is 13.3. The Morgan fingerprint density at radius 1 is 1.16 bits per heavy atom. The van der Waals surface area contributed by atoms with E-state index in [0.29, 0.717) is 18.3 Å². The third-order valence-corrected chi connectivity index (χ3v) is 5.70. The van der Waals surface area contributed by atoms with Crippen molar-refractivity contribution in [1.29, 1.82) is 0 Å². The largest absolute Gasteiger partial charge is 0.383 e. The number of nitrogens with zero attached hydrogens (tertiary/aromatic N) is 5. The first-order valence-corrected chi connectivity index (χ1v) is 10.7. The van der Waals surface area contributed by atoms with Gasteiger partial charge in [0.05, 0.1) is 19.5 Å². The maximum Gasteiger partial charge on any atom is 0.333 e. The number of carbonyl (C=O) groups is 1. The van der Waals surface area contributed by atoms with Gasteiger partial charge in [0.1, 0.15) is 6.54 Å².